The number of carbonyl (C=O) groups excluding carboxylic acids is 3. The molecule has 1 N–H and O–H groups in total. The van der Waals surface area contributed by atoms with Crippen LogP contribution in [-0.2, 0) is 16.2 Å². The fourth-order valence-electron chi connectivity index (χ4n) is 4.59. The van der Waals surface area contributed by atoms with Gasteiger partial charge in [0.05, 0.1) is 5.69 Å². The number of fused-ring (bicyclic) bond motifs is 1. The Balaban J connectivity index is 1.59. The van der Waals surface area contributed by atoms with Crippen molar-refractivity contribution in [2.75, 3.05) is 4.90 Å². The van der Waals surface area contributed by atoms with Gasteiger partial charge in [-0.1, -0.05) is 60.7 Å². The van der Waals surface area contributed by atoms with Crippen molar-refractivity contribution in [3.05, 3.63) is 112 Å². The summed E-state index contributed by atoms with van der Waals surface area (Å²) in [6.45, 7) is 8.14. The van der Waals surface area contributed by atoms with Gasteiger partial charge in [-0.15, -0.1) is 0 Å². The number of urea groups is 1. The van der Waals surface area contributed by atoms with Gasteiger partial charge in [0.1, 0.15) is 17.9 Å². The van der Waals surface area contributed by atoms with Crippen LogP contribution >= 0.6 is 0 Å². The average Bonchev–Trinajstić information content (AvgIpc) is 2.89. The molecule has 1 heterocycles. The molecule has 38 heavy (non-hydrogen) atoms. The van der Waals surface area contributed by atoms with E-state index < -0.39 is 17.8 Å². The molecule has 1 aliphatic heterocycles. The van der Waals surface area contributed by atoms with E-state index in [9.17, 15) is 14.4 Å². The third kappa shape index (κ3) is 4.68. The molecular weight excluding hydrogens is 476 g/mol. The highest BCUT2D eigenvalue weighted by molar-refractivity contribution is 6.39. The van der Waals surface area contributed by atoms with E-state index in [1.165, 1.54) is 17.2 Å². The van der Waals surface area contributed by atoms with Crippen LogP contribution in [0.2, 0.25) is 0 Å². The SMILES string of the molecule is Cc1ccc(C)c(N2C(=O)NC(=O)/C(=C\c3c(OCc4ccc(C)c(C)c4)ccc4ccccc34)C2=O)c1. The van der Waals surface area contributed by atoms with Crippen LogP contribution in [0.3, 0.4) is 0 Å². The molecule has 0 unspecified atom stereocenters. The first-order chi connectivity index (χ1) is 18.2. The quantitative estimate of drug-likeness (QED) is 0.255. The molecule has 0 aromatic heterocycles. The van der Waals surface area contributed by atoms with Crippen molar-refractivity contribution in [1.82, 2.24) is 5.32 Å². The van der Waals surface area contributed by atoms with Crippen molar-refractivity contribution in [1.29, 1.82) is 0 Å². The second-order valence-corrected chi connectivity index (χ2v) is 9.65. The molecule has 1 saturated heterocycles. The van der Waals surface area contributed by atoms with Gasteiger partial charge in [-0.3, -0.25) is 14.9 Å². The Morgan fingerprint density at radius 2 is 1.58 bits per heavy atom. The maximum Gasteiger partial charge on any atom is 0.335 e. The summed E-state index contributed by atoms with van der Waals surface area (Å²) in [6, 6.07) is 22.4. The zero-order valence-electron chi connectivity index (χ0n) is 21.8. The van der Waals surface area contributed by atoms with Gasteiger partial charge in [0.2, 0.25) is 0 Å². The number of nitrogens with zero attached hydrogens (tertiary/aromatic N) is 1. The second-order valence-electron chi connectivity index (χ2n) is 9.65. The Kier molecular flexibility index (Phi) is 6.55. The lowest BCUT2D eigenvalue weighted by Gasteiger charge is -2.28. The van der Waals surface area contributed by atoms with Crippen LogP contribution < -0.4 is 15.0 Å². The van der Waals surface area contributed by atoms with Crippen LogP contribution in [0.4, 0.5) is 10.5 Å². The summed E-state index contributed by atoms with van der Waals surface area (Å²) in [6.07, 6.45) is 1.53. The molecule has 0 spiro atoms. The van der Waals surface area contributed by atoms with E-state index in [0.29, 0.717) is 23.6 Å². The minimum absolute atomic E-state index is 0.141. The highest BCUT2D eigenvalue weighted by Gasteiger charge is 2.37. The minimum Gasteiger partial charge on any atom is -0.488 e. The zero-order chi connectivity index (χ0) is 27.0. The largest absolute Gasteiger partial charge is 0.488 e. The number of hydrogen-bond acceptors (Lipinski definition) is 4. The molecule has 4 aromatic carbocycles. The lowest BCUT2D eigenvalue weighted by Crippen LogP contribution is -2.54. The lowest BCUT2D eigenvalue weighted by atomic mass is 9.99. The predicted octanol–water partition coefficient (Wildman–Crippen LogP) is 6.32. The molecule has 0 radical (unpaired) electrons. The zero-order valence-corrected chi connectivity index (χ0v) is 21.8. The maximum absolute atomic E-state index is 13.6. The standard InChI is InChI=1S/C32H28N2O4/c1-19-9-10-21(3)28(15-19)34-31(36)27(30(35)33-32(34)37)17-26-25-8-6-5-7-24(25)13-14-29(26)38-18-23-12-11-20(2)22(4)16-23/h5-17H,18H2,1-4H3,(H,33,35,37)/b27-17+. The van der Waals surface area contributed by atoms with Crippen LogP contribution in [0.25, 0.3) is 16.8 Å². The van der Waals surface area contributed by atoms with E-state index in [4.69, 9.17) is 4.74 Å². The molecule has 0 saturated carbocycles. The Bertz CT molecular complexity index is 1650. The summed E-state index contributed by atoms with van der Waals surface area (Å²) in [7, 11) is 0. The van der Waals surface area contributed by atoms with Crippen molar-refractivity contribution in [2.24, 2.45) is 0 Å². The van der Waals surface area contributed by atoms with Crippen molar-refractivity contribution in [3.8, 4) is 5.75 Å². The Labute approximate surface area is 221 Å². The van der Waals surface area contributed by atoms with Gasteiger partial charge in [-0.25, -0.2) is 9.69 Å². The molecular formula is C32H28N2O4. The highest BCUT2D eigenvalue weighted by atomic mass is 16.5. The lowest BCUT2D eigenvalue weighted by molar-refractivity contribution is -0.122. The van der Waals surface area contributed by atoms with E-state index in [-0.39, 0.29) is 5.57 Å². The van der Waals surface area contributed by atoms with Gasteiger partial charge >= 0.3 is 6.03 Å². The van der Waals surface area contributed by atoms with Crippen molar-refractivity contribution >= 4 is 40.4 Å². The summed E-state index contributed by atoms with van der Waals surface area (Å²) >= 11 is 0. The first-order valence-corrected chi connectivity index (χ1v) is 12.4. The van der Waals surface area contributed by atoms with Gasteiger partial charge in [0.25, 0.3) is 11.8 Å². The number of aryl methyl sites for hydroxylation is 4. The Morgan fingerprint density at radius 3 is 2.37 bits per heavy atom. The number of barbiturate groups is 1. The predicted molar refractivity (Wildman–Crippen MR) is 149 cm³/mol. The number of carbonyl (C=O) groups is 3. The maximum atomic E-state index is 13.6. The first-order valence-electron chi connectivity index (χ1n) is 12.4. The second kappa shape index (κ2) is 9.98. The van der Waals surface area contributed by atoms with Crippen molar-refractivity contribution in [3.63, 3.8) is 0 Å². The third-order valence-corrected chi connectivity index (χ3v) is 6.89. The molecule has 0 aliphatic carbocycles. The average molecular weight is 505 g/mol. The molecule has 5 rings (SSSR count). The van der Waals surface area contributed by atoms with E-state index in [1.54, 1.807) is 6.07 Å². The van der Waals surface area contributed by atoms with E-state index in [0.717, 1.165) is 32.4 Å². The molecule has 6 heteroatoms. The number of rotatable bonds is 5. The summed E-state index contributed by atoms with van der Waals surface area (Å²) in [4.78, 5) is 40.4. The van der Waals surface area contributed by atoms with Crippen LogP contribution in [-0.4, -0.2) is 17.8 Å². The summed E-state index contributed by atoms with van der Waals surface area (Å²) in [5, 5.41) is 4.09. The number of nitrogens with one attached hydrogen (secondary N) is 1. The van der Waals surface area contributed by atoms with Crippen molar-refractivity contribution in [2.45, 2.75) is 34.3 Å². The normalized spacial score (nSPS) is 14.8. The Hall–Kier alpha value is -4.71. The molecule has 4 aromatic rings. The van der Waals surface area contributed by atoms with E-state index >= 15 is 0 Å². The van der Waals surface area contributed by atoms with Gasteiger partial charge < -0.3 is 4.74 Å². The first kappa shape index (κ1) is 25.0. The molecule has 190 valence electrons. The number of benzene rings is 4. The van der Waals surface area contributed by atoms with Gasteiger partial charge in [-0.05, 0) is 84.5 Å². The van der Waals surface area contributed by atoms with Crippen LogP contribution in [0.5, 0.6) is 5.75 Å². The highest BCUT2D eigenvalue weighted by Crippen LogP contribution is 2.33. The fraction of sp³-hybridized carbons (Fsp3) is 0.156. The molecule has 0 bridgehead atoms. The van der Waals surface area contributed by atoms with Gasteiger partial charge in [0, 0.05) is 5.56 Å². The molecule has 0 atom stereocenters. The number of imide groups is 2. The van der Waals surface area contributed by atoms with E-state index in [2.05, 4.69) is 31.3 Å². The minimum atomic E-state index is -0.769. The number of anilines is 1. The molecule has 1 fully saturated rings. The molecule has 4 amide bonds. The summed E-state index contributed by atoms with van der Waals surface area (Å²) in [5.74, 6) is -0.889. The third-order valence-electron chi connectivity index (χ3n) is 6.89. The Morgan fingerprint density at radius 1 is 0.816 bits per heavy atom. The molecule has 1 aliphatic rings. The van der Waals surface area contributed by atoms with E-state index in [1.807, 2.05) is 68.4 Å². The topological polar surface area (TPSA) is 75.7 Å². The number of amides is 4. The summed E-state index contributed by atoms with van der Waals surface area (Å²) in [5.41, 5.74) is 5.93. The monoisotopic (exact) mass is 504 g/mol. The number of ether oxygens (including phenoxy) is 1. The van der Waals surface area contributed by atoms with Crippen LogP contribution in [0.15, 0.2) is 78.4 Å². The van der Waals surface area contributed by atoms with Gasteiger partial charge in [-0.2, -0.15) is 0 Å². The van der Waals surface area contributed by atoms with Crippen molar-refractivity contribution < 1.29 is 19.1 Å². The summed E-state index contributed by atoms with van der Waals surface area (Å²) < 4.78 is 6.24. The fourth-order valence-corrected chi connectivity index (χ4v) is 4.59. The van der Waals surface area contributed by atoms with Crippen LogP contribution in [0, 0.1) is 27.7 Å². The molecule has 6 nitrogen and oxygen atoms in total. The van der Waals surface area contributed by atoms with Gasteiger partial charge in [0.15, 0.2) is 0 Å². The smallest absolute Gasteiger partial charge is 0.335 e. The number of hydrogen-bond donors (Lipinski definition) is 1. The van der Waals surface area contributed by atoms with Crippen LogP contribution in [0.1, 0.15) is 33.4 Å².